The second-order valence-electron chi connectivity index (χ2n) is 4.07. The molecular weight excluding hydrogens is 294 g/mol. The van der Waals surface area contributed by atoms with Gasteiger partial charge < -0.3 is 10.2 Å². The van der Waals surface area contributed by atoms with E-state index in [2.05, 4.69) is 25.9 Å². The highest BCUT2D eigenvalue weighted by Gasteiger charge is 2.10. The van der Waals surface area contributed by atoms with Crippen molar-refractivity contribution >= 4 is 32.8 Å². The quantitative estimate of drug-likeness (QED) is 0.698. The maximum atomic E-state index is 5.80. The monoisotopic (exact) mass is 303 g/mol. The van der Waals surface area contributed by atoms with E-state index in [1.807, 2.05) is 37.3 Å². The van der Waals surface area contributed by atoms with Gasteiger partial charge in [-0.3, -0.25) is 0 Å². The molecule has 1 aromatic carbocycles. The molecule has 0 bridgehead atoms. The standard InChI is InChI=1S/C13H10BrN3O/c1-7-2-3-11-12(16-7)17-13(18-11)8-4-9(14)6-10(15)5-8/h2-6H,15H2,1H3. The fourth-order valence-electron chi connectivity index (χ4n) is 1.77. The van der Waals surface area contributed by atoms with E-state index < -0.39 is 0 Å². The fourth-order valence-corrected chi connectivity index (χ4v) is 2.28. The zero-order chi connectivity index (χ0) is 12.7. The molecule has 5 heteroatoms. The maximum absolute atomic E-state index is 5.80. The van der Waals surface area contributed by atoms with Crippen LogP contribution in [0.4, 0.5) is 5.69 Å². The summed E-state index contributed by atoms with van der Waals surface area (Å²) in [5.74, 6) is 0.524. The van der Waals surface area contributed by atoms with Crippen LogP contribution in [0.1, 0.15) is 5.69 Å². The highest BCUT2D eigenvalue weighted by molar-refractivity contribution is 9.10. The summed E-state index contributed by atoms with van der Waals surface area (Å²) in [6.07, 6.45) is 0. The minimum atomic E-state index is 0.524. The van der Waals surface area contributed by atoms with Gasteiger partial charge in [-0.1, -0.05) is 15.9 Å². The molecular formula is C13H10BrN3O. The Hall–Kier alpha value is -1.88. The molecule has 3 rings (SSSR count). The first-order valence-electron chi connectivity index (χ1n) is 5.42. The minimum absolute atomic E-state index is 0.524. The highest BCUT2D eigenvalue weighted by Crippen LogP contribution is 2.28. The van der Waals surface area contributed by atoms with E-state index in [-0.39, 0.29) is 0 Å². The third kappa shape index (κ3) is 1.97. The lowest BCUT2D eigenvalue weighted by Gasteiger charge is -1.99. The normalized spacial score (nSPS) is 11.0. The van der Waals surface area contributed by atoms with Gasteiger partial charge in [0.2, 0.25) is 5.89 Å². The molecule has 0 aliphatic heterocycles. The molecule has 0 aliphatic rings. The first-order valence-corrected chi connectivity index (χ1v) is 6.22. The van der Waals surface area contributed by atoms with Gasteiger partial charge in [-0.15, -0.1) is 0 Å². The second-order valence-corrected chi connectivity index (χ2v) is 4.98. The lowest BCUT2D eigenvalue weighted by atomic mass is 10.2. The highest BCUT2D eigenvalue weighted by atomic mass is 79.9. The van der Waals surface area contributed by atoms with Crippen LogP contribution in [0, 0.1) is 6.92 Å². The molecule has 18 heavy (non-hydrogen) atoms. The van der Waals surface area contributed by atoms with Gasteiger partial charge in [0.25, 0.3) is 0 Å². The van der Waals surface area contributed by atoms with Crippen LogP contribution in [0.15, 0.2) is 39.2 Å². The zero-order valence-electron chi connectivity index (χ0n) is 9.64. The fraction of sp³-hybridized carbons (Fsp3) is 0.0769. The summed E-state index contributed by atoms with van der Waals surface area (Å²) in [4.78, 5) is 8.69. The van der Waals surface area contributed by atoms with Gasteiger partial charge in [0.1, 0.15) is 0 Å². The van der Waals surface area contributed by atoms with Crippen molar-refractivity contribution in [3.8, 4) is 11.5 Å². The van der Waals surface area contributed by atoms with Crippen LogP contribution in [0.2, 0.25) is 0 Å². The third-order valence-electron chi connectivity index (χ3n) is 2.56. The number of nitrogen functional groups attached to an aromatic ring is 1. The molecule has 90 valence electrons. The summed E-state index contributed by atoms with van der Waals surface area (Å²) < 4.78 is 6.56. The summed E-state index contributed by atoms with van der Waals surface area (Å²) in [5, 5.41) is 0. The smallest absolute Gasteiger partial charge is 0.228 e. The molecule has 2 heterocycles. The number of rotatable bonds is 1. The van der Waals surface area contributed by atoms with Gasteiger partial charge in [-0.05, 0) is 37.3 Å². The number of anilines is 1. The largest absolute Gasteiger partial charge is 0.434 e. The van der Waals surface area contributed by atoms with Crippen LogP contribution in [0.5, 0.6) is 0 Å². The third-order valence-corrected chi connectivity index (χ3v) is 3.02. The number of aryl methyl sites for hydroxylation is 1. The summed E-state index contributed by atoms with van der Waals surface area (Å²) in [5.41, 5.74) is 9.49. The number of nitrogens with two attached hydrogens (primary N) is 1. The molecule has 3 aromatic rings. The number of hydrogen-bond donors (Lipinski definition) is 1. The number of benzene rings is 1. The van der Waals surface area contributed by atoms with Gasteiger partial charge in [0.05, 0.1) is 0 Å². The lowest BCUT2D eigenvalue weighted by Crippen LogP contribution is -1.86. The predicted octanol–water partition coefficient (Wildman–Crippen LogP) is 3.54. The average molecular weight is 304 g/mol. The number of nitrogens with zero attached hydrogens (tertiary/aromatic N) is 2. The molecule has 0 atom stereocenters. The summed E-state index contributed by atoms with van der Waals surface area (Å²) in [7, 11) is 0. The van der Waals surface area contributed by atoms with Crippen LogP contribution in [-0.4, -0.2) is 9.97 Å². The molecule has 0 fully saturated rings. The van der Waals surface area contributed by atoms with E-state index >= 15 is 0 Å². The first kappa shape index (κ1) is 11.2. The van der Waals surface area contributed by atoms with E-state index in [0.717, 1.165) is 15.7 Å². The van der Waals surface area contributed by atoms with E-state index in [1.54, 1.807) is 0 Å². The molecule has 0 saturated heterocycles. The molecule has 4 nitrogen and oxygen atoms in total. The van der Waals surface area contributed by atoms with Gasteiger partial charge in [0.15, 0.2) is 11.2 Å². The molecule has 0 spiro atoms. The van der Waals surface area contributed by atoms with Crippen LogP contribution in [-0.2, 0) is 0 Å². The second kappa shape index (κ2) is 4.10. The predicted molar refractivity (Wildman–Crippen MR) is 74.1 cm³/mol. The number of halogens is 1. The van der Waals surface area contributed by atoms with Crippen molar-refractivity contribution in [1.29, 1.82) is 0 Å². The van der Waals surface area contributed by atoms with Crippen molar-refractivity contribution in [3.63, 3.8) is 0 Å². The van der Waals surface area contributed by atoms with Gasteiger partial charge in [-0.2, -0.15) is 4.98 Å². The van der Waals surface area contributed by atoms with Crippen molar-refractivity contribution in [2.75, 3.05) is 5.73 Å². The van der Waals surface area contributed by atoms with Crippen molar-refractivity contribution in [1.82, 2.24) is 9.97 Å². The number of oxazole rings is 1. The molecule has 0 aliphatic carbocycles. The molecule has 0 amide bonds. The number of hydrogen-bond acceptors (Lipinski definition) is 4. The van der Waals surface area contributed by atoms with Gasteiger partial charge in [0, 0.05) is 21.4 Å². The topological polar surface area (TPSA) is 64.9 Å². The minimum Gasteiger partial charge on any atom is -0.434 e. The van der Waals surface area contributed by atoms with E-state index in [0.29, 0.717) is 22.8 Å². The Bertz CT molecular complexity index is 716. The SMILES string of the molecule is Cc1ccc2oc(-c3cc(N)cc(Br)c3)nc2n1. The van der Waals surface area contributed by atoms with E-state index in [4.69, 9.17) is 10.2 Å². The Labute approximate surface area is 112 Å². The van der Waals surface area contributed by atoms with Gasteiger partial charge in [-0.25, -0.2) is 4.98 Å². The Morgan fingerprint density at radius 3 is 2.78 bits per heavy atom. The Kier molecular flexibility index (Phi) is 2.56. The number of aromatic nitrogens is 2. The number of pyridine rings is 1. The summed E-state index contributed by atoms with van der Waals surface area (Å²) in [6.45, 7) is 1.92. The van der Waals surface area contributed by atoms with Crippen LogP contribution in [0.25, 0.3) is 22.7 Å². The van der Waals surface area contributed by atoms with Crippen LogP contribution >= 0.6 is 15.9 Å². The van der Waals surface area contributed by atoms with Crippen molar-refractivity contribution in [2.45, 2.75) is 6.92 Å². The molecule has 0 unspecified atom stereocenters. The summed E-state index contributed by atoms with van der Waals surface area (Å²) in [6, 6.07) is 9.33. The number of fused-ring (bicyclic) bond motifs is 1. The van der Waals surface area contributed by atoms with Crippen molar-refractivity contribution in [2.24, 2.45) is 0 Å². The molecule has 0 radical (unpaired) electrons. The van der Waals surface area contributed by atoms with Crippen LogP contribution in [0.3, 0.4) is 0 Å². The summed E-state index contributed by atoms with van der Waals surface area (Å²) >= 11 is 3.40. The lowest BCUT2D eigenvalue weighted by molar-refractivity contribution is 0.619. The van der Waals surface area contributed by atoms with Crippen molar-refractivity contribution in [3.05, 3.63) is 40.5 Å². The molecule has 2 N–H and O–H groups in total. The van der Waals surface area contributed by atoms with Crippen LogP contribution < -0.4 is 5.73 Å². The molecule has 0 saturated carbocycles. The first-order chi connectivity index (χ1) is 8.61. The van der Waals surface area contributed by atoms with Gasteiger partial charge >= 0.3 is 0 Å². The Balaban J connectivity index is 2.19. The average Bonchev–Trinajstić information content (AvgIpc) is 2.70. The van der Waals surface area contributed by atoms with Crippen molar-refractivity contribution < 1.29 is 4.42 Å². The van der Waals surface area contributed by atoms with E-state index in [1.165, 1.54) is 0 Å². The maximum Gasteiger partial charge on any atom is 0.228 e. The Morgan fingerprint density at radius 2 is 2.00 bits per heavy atom. The van der Waals surface area contributed by atoms with E-state index in [9.17, 15) is 0 Å². The Morgan fingerprint density at radius 1 is 1.17 bits per heavy atom. The molecule has 2 aromatic heterocycles. The zero-order valence-corrected chi connectivity index (χ0v) is 11.2.